The number of hydrogen-bond acceptors (Lipinski definition) is 6. The highest BCUT2D eigenvalue weighted by Gasteiger charge is 2.19. The zero-order valence-corrected chi connectivity index (χ0v) is 53.3. The lowest BCUT2D eigenvalue weighted by atomic mass is 10.1. The first-order valence-electron chi connectivity index (χ1n) is 34.4. The van der Waals surface area contributed by atoms with Crippen LogP contribution in [0.4, 0.5) is 0 Å². The highest BCUT2D eigenvalue weighted by Crippen LogP contribution is 2.16. The highest BCUT2D eigenvalue weighted by molar-refractivity contribution is 5.71. The van der Waals surface area contributed by atoms with Crippen molar-refractivity contribution in [3.05, 3.63) is 109 Å². The molecule has 0 amide bonds. The molecule has 0 bridgehead atoms. The summed E-state index contributed by atoms with van der Waals surface area (Å²) < 4.78 is 17.0. The van der Waals surface area contributed by atoms with E-state index in [2.05, 4.69) is 130 Å². The molecule has 464 valence electrons. The van der Waals surface area contributed by atoms with Crippen molar-refractivity contribution in [3.8, 4) is 0 Å². The van der Waals surface area contributed by atoms with Crippen LogP contribution in [0, 0.1) is 0 Å². The van der Waals surface area contributed by atoms with Gasteiger partial charge in [-0.05, 0) is 128 Å². The summed E-state index contributed by atoms with van der Waals surface area (Å²) in [6, 6.07) is 0. The number of carbonyl (C=O) groups excluding carboxylic acids is 3. The van der Waals surface area contributed by atoms with Crippen LogP contribution in [0.3, 0.4) is 0 Å². The van der Waals surface area contributed by atoms with Crippen molar-refractivity contribution in [2.24, 2.45) is 0 Å². The van der Waals surface area contributed by atoms with Crippen LogP contribution < -0.4 is 0 Å². The van der Waals surface area contributed by atoms with E-state index in [1.54, 1.807) is 0 Å². The molecule has 0 aromatic carbocycles. The molecule has 0 saturated carbocycles. The van der Waals surface area contributed by atoms with Gasteiger partial charge >= 0.3 is 17.9 Å². The van der Waals surface area contributed by atoms with E-state index >= 15 is 0 Å². The van der Waals surface area contributed by atoms with Crippen LogP contribution in [0.2, 0.25) is 0 Å². The average Bonchev–Trinajstić information content (AvgIpc) is 3.47. The summed E-state index contributed by atoms with van der Waals surface area (Å²) in [5, 5.41) is 0. The minimum Gasteiger partial charge on any atom is -0.462 e. The van der Waals surface area contributed by atoms with Gasteiger partial charge in [0.05, 0.1) is 0 Å². The maximum Gasteiger partial charge on any atom is 0.306 e. The number of allylic oxidation sites excluding steroid dienone is 18. The zero-order valence-electron chi connectivity index (χ0n) is 53.3. The first-order valence-corrected chi connectivity index (χ1v) is 34.4. The minimum absolute atomic E-state index is 0.0867. The van der Waals surface area contributed by atoms with E-state index in [4.69, 9.17) is 14.2 Å². The monoisotopic (exact) mass is 1120 g/mol. The maximum atomic E-state index is 12.9. The molecule has 0 heterocycles. The summed E-state index contributed by atoms with van der Waals surface area (Å²) in [7, 11) is 0. The topological polar surface area (TPSA) is 78.9 Å². The molecule has 1 atom stereocenters. The summed E-state index contributed by atoms with van der Waals surface area (Å²) in [6.07, 6.45) is 93.8. The number of rotatable bonds is 62. The first kappa shape index (κ1) is 77.1. The van der Waals surface area contributed by atoms with Crippen molar-refractivity contribution in [1.82, 2.24) is 0 Å². The largest absolute Gasteiger partial charge is 0.462 e. The van der Waals surface area contributed by atoms with E-state index in [0.29, 0.717) is 19.3 Å². The molecule has 6 heteroatoms. The van der Waals surface area contributed by atoms with Gasteiger partial charge in [-0.25, -0.2) is 0 Å². The molecule has 1 unspecified atom stereocenters. The lowest BCUT2D eigenvalue weighted by Gasteiger charge is -2.18. The number of unbranched alkanes of at least 4 members (excludes halogenated alkanes) is 33. The summed E-state index contributed by atoms with van der Waals surface area (Å²) in [5.41, 5.74) is 0. The SMILES string of the molecule is CC/C=C\C/C=C\C/C=C\C/C=C\C/C=C\C/C=C\C/C=C\CCCCCCCC(=O)OCC(COC(=O)CCCCCCCCC/C=C\CCCCCCCC)OC(=O)CCCCCCCCCCC/C=C\CCCCCCCC. The number of carbonyl (C=O) groups is 3. The molecule has 0 aromatic rings. The first-order chi connectivity index (χ1) is 40.0. The quantitative estimate of drug-likeness (QED) is 0.0261. The normalized spacial score (nSPS) is 12.8. The number of esters is 3. The van der Waals surface area contributed by atoms with E-state index in [0.717, 1.165) is 122 Å². The molecule has 0 aliphatic heterocycles. The molecular formula is C75H128O6. The van der Waals surface area contributed by atoms with E-state index in [9.17, 15) is 14.4 Å². The molecular weight excluding hydrogens is 997 g/mol. The number of ether oxygens (including phenoxy) is 3. The molecule has 0 aliphatic carbocycles. The van der Waals surface area contributed by atoms with Crippen LogP contribution >= 0.6 is 0 Å². The molecule has 81 heavy (non-hydrogen) atoms. The average molecular weight is 1130 g/mol. The Morgan fingerprint density at radius 3 is 0.765 bits per heavy atom. The van der Waals surface area contributed by atoms with Crippen LogP contribution in [-0.2, 0) is 28.6 Å². The fourth-order valence-electron chi connectivity index (χ4n) is 9.59. The maximum absolute atomic E-state index is 12.9. The van der Waals surface area contributed by atoms with Crippen LogP contribution in [0.25, 0.3) is 0 Å². The fourth-order valence-corrected chi connectivity index (χ4v) is 9.59. The molecule has 0 saturated heterocycles. The van der Waals surface area contributed by atoms with Gasteiger partial charge in [0.1, 0.15) is 13.2 Å². The van der Waals surface area contributed by atoms with Gasteiger partial charge in [-0.1, -0.05) is 291 Å². The van der Waals surface area contributed by atoms with E-state index in [1.807, 2.05) is 0 Å². The van der Waals surface area contributed by atoms with Gasteiger partial charge in [-0.2, -0.15) is 0 Å². The van der Waals surface area contributed by atoms with Crippen LogP contribution in [-0.4, -0.2) is 37.2 Å². The van der Waals surface area contributed by atoms with Gasteiger partial charge in [0.15, 0.2) is 6.10 Å². The molecule has 0 fully saturated rings. The van der Waals surface area contributed by atoms with Crippen LogP contribution in [0.1, 0.15) is 329 Å². The third kappa shape index (κ3) is 66.8. The smallest absolute Gasteiger partial charge is 0.306 e. The van der Waals surface area contributed by atoms with Crippen molar-refractivity contribution in [1.29, 1.82) is 0 Å². The van der Waals surface area contributed by atoms with Crippen LogP contribution in [0.5, 0.6) is 0 Å². The van der Waals surface area contributed by atoms with Crippen LogP contribution in [0.15, 0.2) is 109 Å². The van der Waals surface area contributed by atoms with Crippen molar-refractivity contribution in [2.75, 3.05) is 13.2 Å². The van der Waals surface area contributed by atoms with Gasteiger partial charge in [-0.15, -0.1) is 0 Å². The van der Waals surface area contributed by atoms with Crippen molar-refractivity contribution >= 4 is 17.9 Å². The fraction of sp³-hybridized carbons (Fsp3) is 0.720. The predicted octanol–water partition coefficient (Wildman–Crippen LogP) is 23.8. The Labute approximate surface area is 501 Å². The third-order valence-corrected chi connectivity index (χ3v) is 14.7. The Hall–Kier alpha value is -3.93. The van der Waals surface area contributed by atoms with Crippen molar-refractivity contribution in [2.45, 2.75) is 335 Å². The third-order valence-electron chi connectivity index (χ3n) is 14.7. The van der Waals surface area contributed by atoms with E-state index in [-0.39, 0.29) is 31.1 Å². The van der Waals surface area contributed by atoms with Gasteiger partial charge in [-0.3, -0.25) is 14.4 Å². The summed E-state index contributed by atoms with van der Waals surface area (Å²) in [4.78, 5) is 38.4. The molecule has 6 nitrogen and oxygen atoms in total. The predicted molar refractivity (Wildman–Crippen MR) is 353 cm³/mol. The summed E-state index contributed by atoms with van der Waals surface area (Å²) in [6.45, 7) is 6.53. The second kappa shape index (κ2) is 68.6. The lowest BCUT2D eigenvalue weighted by Crippen LogP contribution is -2.30. The van der Waals surface area contributed by atoms with E-state index < -0.39 is 6.10 Å². The van der Waals surface area contributed by atoms with Gasteiger partial charge in [0.2, 0.25) is 0 Å². The lowest BCUT2D eigenvalue weighted by molar-refractivity contribution is -0.167. The minimum atomic E-state index is -0.793. The molecule has 0 aliphatic rings. The molecule has 0 N–H and O–H groups in total. The second-order valence-corrected chi connectivity index (χ2v) is 22.7. The summed E-state index contributed by atoms with van der Waals surface area (Å²) >= 11 is 0. The standard InChI is InChI=1S/C75H128O6/c1-4-7-10-13-16-19-22-25-28-31-33-34-35-36-37-38-39-40-42-44-47-50-53-56-59-62-65-68-74(77)80-71-72(70-79-73(76)67-64-61-58-55-52-49-46-43-30-27-24-21-18-15-12-9-6-3)81-75(78)69-66-63-60-57-54-51-48-45-41-32-29-26-23-20-17-14-11-8-5-2/h7,10,16,19,25-30,33-34,36-37,39-40,44,47,72H,4-6,8-9,11-15,17-18,20-24,31-32,35,38,41-43,45-46,48-71H2,1-3H3/b10-7-,19-16-,28-25-,29-26-,30-27-,34-33-,37-36-,40-39-,47-44-. The Balaban J connectivity index is 4.41. The Bertz CT molecular complexity index is 1620. The highest BCUT2D eigenvalue weighted by atomic mass is 16.6. The van der Waals surface area contributed by atoms with Gasteiger partial charge in [0, 0.05) is 19.3 Å². The molecule has 0 aromatic heterocycles. The summed E-state index contributed by atoms with van der Waals surface area (Å²) in [5.74, 6) is -0.901. The van der Waals surface area contributed by atoms with E-state index in [1.165, 1.54) is 167 Å². The number of hydrogen-bond donors (Lipinski definition) is 0. The van der Waals surface area contributed by atoms with Gasteiger partial charge in [0.25, 0.3) is 0 Å². The van der Waals surface area contributed by atoms with Crippen molar-refractivity contribution in [3.63, 3.8) is 0 Å². The Kier molecular flexibility index (Phi) is 65.2. The molecule has 0 rings (SSSR count). The van der Waals surface area contributed by atoms with Crippen molar-refractivity contribution < 1.29 is 28.6 Å². The zero-order chi connectivity index (χ0) is 58.5. The molecule has 0 spiro atoms. The second-order valence-electron chi connectivity index (χ2n) is 22.7. The Morgan fingerprint density at radius 1 is 0.259 bits per heavy atom. The Morgan fingerprint density at radius 2 is 0.481 bits per heavy atom. The molecule has 0 radical (unpaired) electrons. The van der Waals surface area contributed by atoms with Gasteiger partial charge < -0.3 is 14.2 Å².